The van der Waals surface area contributed by atoms with Crippen LogP contribution in [0.25, 0.3) is 6.08 Å². The predicted molar refractivity (Wildman–Crippen MR) is 74.1 cm³/mol. The molecular formula is C13H13Cl2NO3. The van der Waals surface area contributed by atoms with Gasteiger partial charge in [0.05, 0.1) is 22.3 Å². The van der Waals surface area contributed by atoms with Crippen molar-refractivity contribution in [2.75, 3.05) is 13.1 Å². The lowest BCUT2D eigenvalue weighted by atomic mass is 10.2. The fourth-order valence-electron chi connectivity index (χ4n) is 1.87. The van der Waals surface area contributed by atoms with E-state index in [0.29, 0.717) is 15.6 Å². The van der Waals surface area contributed by atoms with Crippen LogP contribution in [0.4, 0.5) is 0 Å². The zero-order chi connectivity index (χ0) is 14.0. The van der Waals surface area contributed by atoms with Crippen molar-refractivity contribution in [2.45, 2.75) is 12.2 Å². The molecule has 1 aromatic rings. The monoisotopic (exact) mass is 301 g/mol. The van der Waals surface area contributed by atoms with Crippen LogP contribution >= 0.6 is 23.2 Å². The highest BCUT2D eigenvalue weighted by Gasteiger charge is 2.31. The van der Waals surface area contributed by atoms with Gasteiger partial charge in [-0.3, -0.25) is 4.79 Å². The summed E-state index contributed by atoms with van der Waals surface area (Å²) in [6.45, 7) is 0.265. The Bertz CT molecular complexity index is 509. The first-order chi connectivity index (χ1) is 8.99. The standard InChI is InChI=1S/C13H13Cl2NO3/c14-9-3-1-2-8(13(9)15)4-5-12(19)16-6-10(17)11(18)7-16/h1-5,10-11,17-18H,6-7H2/b5-4+. The molecule has 2 atom stereocenters. The van der Waals surface area contributed by atoms with E-state index in [-0.39, 0.29) is 19.0 Å². The molecule has 0 saturated carbocycles. The summed E-state index contributed by atoms with van der Waals surface area (Å²) in [6, 6.07) is 5.14. The van der Waals surface area contributed by atoms with Crippen LogP contribution in [0, 0.1) is 0 Å². The number of amides is 1. The van der Waals surface area contributed by atoms with Gasteiger partial charge in [-0.05, 0) is 17.7 Å². The number of carbonyl (C=O) groups excluding carboxylic acids is 1. The van der Waals surface area contributed by atoms with E-state index >= 15 is 0 Å². The van der Waals surface area contributed by atoms with Crippen molar-refractivity contribution in [1.29, 1.82) is 0 Å². The lowest BCUT2D eigenvalue weighted by Gasteiger charge is -2.12. The Morgan fingerprint density at radius 1 is 1.26 bits per heavy atom. The smallest absolute Gasteiger partial charge is 0.246 e. The first-order valence-corrected chi connectivity index (χ1v) is 6.52. The van der Waals surface area contributed by atoms with Crippen molar-refractivity contribution in [3.8, 4) is 0 Å². The van der Waals surface area contributed by atoms with Gasteiger partial charge in [0.15, 0.2) is 0 Å². The number of likely N-dealkylation sites (tertiary alicyclic amines) is 1. The highest BCUT2D eigenvalue weighted by atomic mass is 35.5. The normalized spacial score (nSPS) is 23.3. The quantitative estimate of drug-likeness (QED) is 0.815. The number of rotatable bonds is 2. The molecule has 2 rings (SSSR count). The second-order valence-corrected chi connectivity index (χ2v) is 5.14. The number of aliphatic hydroxyl groups is 2. The average Bonchev–Trinajstić information content (AvgIpc) is 2.71. The van der Waals surface area contributed by atoms with Crippen molar-refractivity contribution in [3.05, 3.63) is 39.9 Å². The number of carbonyl (C=O) groups is 1. The van der Waals surface area contributed by atoms with Crippen molar-refractivity contribution in [1.82, 2.24) is 4.90 Å². The van der Waals surface area contributed by atoms with Crippen LogP contribution in [-0.4, -0.2) is 46.3 Å². The van der Waals surface area contributed by atoms with E-state index in [4.69, 9.17) is 23.2 Å². The van der Waals surface area contributed by atoms with Crippen LogP contribution in [-0.2, 0) is 4.79 Å². The molecule has 6 heteroatoms. The van der Waals surface area contributed by atoms with Gasteiger partial charge >= 0.3 is 0 Å². The molecule has 0 bridgehead atoms. The van der Waals surface area contributed by atoms with Gasteiger partial charge in [-0.2, -0.15) is 0 Å². The fourth-order valence-corrected chi connectivity index (χ4v) is 2.24. The molecule has 1 saturated heterocycles. The van der Waals surface area contributed by atoms with Crippen molar-refractivity contribution in [2.24, 2.45) is 0 Å². The zero-order valence-corrected chi connectivity index (χ0v) is 11.5. The topological polar surface area (TPSA) is 60.8 Å². The van der Waals surface area contributed by atoms with E-state index in [9.17, 15) is 15.0 Å². The molecule has 1 fully saturated rings. The highest BCUT2D eigenvalue weighted by molar-refractivity contribution is 6.42. The van der Waals surface area contributed by atoms with Crippen molar-refractivity contribution in [3.63, 3.8) is 0 Å². The minimum Gasteiger partial charge on any atom is -0.388 e. The number of nitrogens with zero attached hydrogens (tertiary/aromatic N) is 1. The van der Waals surface area contributed by atoms with Crippen LogP contribution in [0.1, 0.15) is 5.56 Å². The molecular weight excluding hydrogens is 289 g/mol. The zero-order valence-electron chi connectivity index (χ0n) is 9.96. The molecule has 1 aliphatic rings. The second-order valence-electron chi connectivity index (χ2n) is 4.35. The average molecular weight is 302 g/mol. The molecule has 2 unspecified atom stereocenters. The number of aliphatic hydroxyl groups excluding tert-OH is 2. The van der Waals surface area contributed by atoms with Crippen LogP contribution in [0.5, 0.6) is 0 Å². The van der Waals surface area contributed by atoms with Gasteiger partial charge in [-0.15, -0.1) is 0 Å². The van der Waals surface area contributed by atoms with E-state index in [1.54, 1.807) is 24.3 Å². The van der Waals surface area contributed by atoms with Gasteiger partial charge in [0.25, 0.3) is 0 Å². The summed E-state index contributed by atoms with van der Waals surface area (Å²) in [5, 5.41) is 19.6. The van der Waals surface area contributed by atoms with Crippen LogP contribution in [0.3, 0.4) is 0 Å². The minimum atomic E-state index is -0.882. The lowest BCUT2D eigenvalue weighted by molar-refractivity contribution is -0.125. The number of hydrogen-bond acceptors (Lipinski definition) is 3. The molecule has 1 heterocycles. The van der Waals surface area contributed by atoms with Gasteiger partial charge in [0.2, 0.25) is 5.91 Å². The Balaban J connectivity index is 2.07. The SMILES string of the molecule is O=C(/C=C/c1cccc(Cl)c1Cl)N1CC(O)C(O)C1. The maximum absolute atomic E-state index is 11.8. The molecule has 19 heavy (non-hydrogen) atoms. The van der Waals surface area contributed by atoms with Crippen LogP contribution in [0.15, 0.2) is 24.3 Å². The largest absolute Gasteiger partial charge is 0.388 e. The summed E-state index contributed by atoms with van der Waals surface area (Å²) >= 11 is 11.9. The summed E-state index contributed by atoms with van der Waals surface area (Å²) in [5.74, 6) is -0.286. The van der Waals surface area contributed by atoms with Gasteiger partial charge in [-0.25, -0.2) is 0 Å². The summed E-state index contributed by atoms with van der Waals surface area (Å²) in [4.78, 5) is 13.2. The highest BCUT2D eigenvalue weighted by Crippen LogP contribution is 2.26. The molecule has 0 radical (unpaired) electrons. The van der Waals surface area contributed by atoms with E-state index in [1.807, 2.05) is 0 Å². The van der Waals surface area contributed by atoms with E-state index in [2.05, 4.69) is 0 Å². The number of halogens is 2. The summed E-state index contributed by atoms with van der Waals surface area (Å²) in [7, 11) is 0. The third-order valence-corrected chi connectivity index (χ3v) is 3.79. The van der Waals surface area contributed by atoms with Crippen LogP contribution < -0.4 is 0 Å². The Hall–Kier alpha value is -1.07. The summed E-state index contributed by atoms with van der Waals surface area (Å²) in [5.41, 5.74) is 0.641. The van der Waals surface area contributed by atoms with Crippen LogP contribution in [0.2, 0.25) is 10.0 Å². The third-order valence-electron chi connectivity index (χ3n) is 2.96. The molecule has 0 aromatic heterocycles. The first-order valence-electron chi connectivity index (χ1n) is 5.76. The fraction of sp³-hybridized carbons (Fsp3) is 0.308. The molecule has 1 amide bonds. The Kier molecular flexibility index (Phi) is 4.47. The first kappa shape index (κ1) is 14.3. The molecule has 4 nitrogen and oxygen atoms in total. The lowest BCUT2D eigenvalue weighted by Crippen LogP contribution is -2.27. The Morgan fingerprint density at radius 2 is 1.89 bits per heavy atom. The molecule has 102 valence electrons. The predicted octanol–water partition coefficient (Wildman–Crippen LogP) is 1.57. The van der Waals surface area contributed by atoms with Crippen molar-refractivity contribution >= 4 is 35.2 Å². The molecule has 0 aliphatic carbocycles. The van der Waals surface area contributed by atoms with Gasteiger partial charge < -0.3 is 15.1 Å². The minimum absolute atomic E-state index is 0.133. The van der Waals surface area contributed by atoms with E-state index < -0.39 is 12.2 Å². The van der Waals surface area contributed by atoms with Crippen molar-refractivity contribution < 1.29 is 15.0 Å². The maximum atomic E-state index is 11.8. The Labute approximate surface area is 120 Å². The second kappa shape index (κ2) is 5.92. The molecule has 0 spiro atoms. The third kappa shape index (κ3) is 3.28. The van der Waals surface area contributed by atoms with Gasteiger partial charge in [-0.1, -0.05) is 35.3 Å². The number of β-amino-alcohol motifs (C(OH)–C–C–N with tert-alkyl or cyclic N) is 2. The molecule has 1 aromatic carbocycles. The number of benzene rings is 1. The van der Waals surface area contributed by atoms with Gasteiger partial charge in [0.1, 0.15) is 0 Å². The maximum Gasteiger partial charge on any atom is 0.246 e. The Morgan fingerprint density at radius 3 is 2.53 bits per heavy atom. The number of hydrogen-bond donors (Lipinski definition) is 2. The van der Waals surface area contributed by atoms with Gasteiger partial charge in [0, 0.05) is 19.2 Å². The summed E-state index contributed by atoms with van der Waals surface area (Å²) < 4.78 is 0. The van der Waals surface area contributed by atoms with E-state index in [0.717, 1.165) is 0 Å². The molecule has 2 N–H and O–H groups in total. The van der Waals surface area contributed by atoms with E-state index in [1.165, 1.54) is 11.0 Å². The summed E-state index contributed by atoms with van der Waals surface area (Å²) in [6.07, 6.45) is 1.15. The molecule has 1 aliphatic heterocycles.